The third-order valence-electron chi connectivity index (χ3n) is 7.91. The second-order valence-corrected chi connectivity index (χ2v) is 14.7. The van der Waals surface area contributed by atoms with Gasteiger partial charge in [0.15, 0.2) is 0 Å². The molecule has 0 radical (unpaired) electrons. The fourth-order valence-corrected chi connectivity index (χ4v) is 4.79. The average molecular weight is 599 g/mol. The summed E-state index contributed by atoms with van der Waals surface area (Å²) in [5, 5.41) is 0. The van der Waals surface area contributed by atoms with Crippen LogP contribution in [0.3, 0.4) is 0 Å². The van der Waals surface area contributed by atoms with Gasteiger partial charge in [-0.2, -0.15) is 0 Å². The first-order chi connectivity index (χ1) is 20.0. The third kappa shape index (κ3) is 13.2. The lowest BCUT2D eigenvalue weighted by Gasteiger charge is -2.31. The fourth-order valence-electron chi connectivity index (χ4n) is 4.79. The molecule has 2 heterocycles. The molecule has 2 aliphatic heterocycles. The van der Waals surface area contributed by atoms with Crippen LogP contribution in [0.2, 0.25) is 0 Å². The molecule has 2 aromatic rings. The minimum absolute atomic E-state index is 0.155. The molecule has 2 saturated heterocycles. The van der Waals surface area contributed by atoms with Gasteiger partial charge in [0, 0.05) is 24.7 Å². The Morgan fingerprint density at radius 1 is 0.674 bits per heavy atom. The van der Waals surface area contributed by atoms with Crippen molar-refractivity contribution in [2.24, 2.45) is 0 Å². The van der Waals surface area contributed by atoms with E-state index in [0.717, 1.165) is 44.0 Å². The van der Waals surface area contributed by atoms with Gasteiger partial charge in [-0.3, -0.25) is 0 Å². The molecule has 4 rings (SSSR count). The first-order valence-corrected chi connectivity index (χ1v) is 16.0. The number of rotatable bonds is 16. The van der Waals surface area contributed by atoms with E-state index in [1.165, 1.54) is 11.1 Å². The highest BCUT2D eigenvalue weighted by Gasteiger charge is 2.32. The molecule has 0 N–H and O–H groups in total. The number of benzene rings is 2. The number of epoxide rings is 2. The standard InChI is InChI=1S/C34H52O5.C3H6O/c1-25(2)35-21-19-31(3,4)38-28-15-11-26(12-16-28)34(9,10)27-13-17-29(18-14-27)39-32(5,6)20-22-37-33(7,8)23-30-24-36-30;1-3-2-4-3/h11-18,25,30H,19-24H2,1-10H3;3H,2H2,1H3. The first-order valence-electron chi connectivity index (χ1n) is 16.0. The van der Waals surface area contributed by atoms with Gasteiger partial charge in [-0.15, -0.1) is 0 Å². The molecule has 2 unspecified atom stereocenters. The monoisotopic (exact) mass is 598 g/mol. The molecule has 0 bridgehead atoms. The van der Waals surface area contributed by atoms with Gasteiger partial charge in [-0.1, -0.05) is 38.1 Å². The topological polar surface area (TPSA) is 62.0 Å². The van der Waals surface area contributed by atoms with Gasteiger partial charge >= 0.3 is 0 Å². The van der Waals surface area contributed by atoms with Crippen LogP contribution in [0.1, 0.15) is 107 Å². The van der Waals surface area contributed by atoms with Crippen molar-refractivity contribution in [1.82, 2.24) is 0 Å². The number of hydrogen-bond acceptors (Lipinski definition) is 6. The molecule has 2 aromatic carbocycles. The van der Waals surface area contributed by atoms with E-state index < -0.39 is 0 Å². The highest BCUT2D eigenvalue weighted by atomic mass is 16.6. The van der Waals surface area contributed by atoms with Crippen molar-refractivity contribution in [2.45, 2.75) is 136 Å². The molecule has 43 heavy (non-hydrogen) atoms. The van der Waals surface area contributed by atoms with Crippen LogP contribution in [-0.2, 0) is 24.4 Å². The Hall–Kier alpha value is -2.12. The van der Waals surface area contributed by atoms with E-state index in [9.17, 15) is 0 Å². The van der Waals surface area contributed by atoms with E-state index in [0.29, 0.717) is 25.4 Å². The molecule has 6 nitrogen and oxygen atoms in total. The van der Waals surface area contributed by atoms with Crippen molar-refractivity contribution in [2.75, 3.05) is 26.4 Å². The molecule has 2 fully saturated rings. The molecule has 0 aromatic heterocycles. The minimum atomic E-state index is -0.326. The summed E-state index contributed by atoms with van der Waals surface area (Å²) in [4.78, 5) is 0. The van der Waals surface area contributed by atoms with Crippen LogP contribution in [0.4, 0.5) is 0 Å². The maximum atomic E-state index is 6.36. The molecule has 0 saturated carbocycles. The first kappa shape index (κ1) is 35.4. The Morgan fingerprint density at radius 3 is 1.47 bits per heavy atom. The van der Waals surface area contributed by atoms with Crippen LogP contribution in [0.25, 0.3) is 0 Å². The van der Waals surface area contributed by atoms with E-state index in [1.807, 2.05) is 0 Å². The van der Waals surface area contributed by atoms with Crippen molar-refractivity contribution in [3.8, 4) is 11.5 Å². The average Bonchev–Trinajstić information content (AvgIpc) is 3.83. The second kappa shape index (κ2) is 14.8. The summed E-state index contributed by atoms with van der Waals surface area (Å²) in [6.45, 7) is 26.6. The molecular formula is C37H58O6. The molecule has 2 atom stereocenters. The Labute approximate surface area is 261 Å². The zero-order valence-electron chi connectivity index (χ0n) is 28.8. The molecule has 2 aliphatic rings. The van der Waals surface area contributed by atoms with Crippen molar-refractivity contribution in [3.05, 3.63) is 59.7 Å². The maximum Gasteiger partial charge on any atom is 0.120 e. The summed E-state index contributed by atoms with van der Waals surface area (Å²) in [6, 6.07) is 17.0. The van der Waals surface area contributed by atoms with Crippen LogP contribution in [-0.4, -0.2) is 61.5 Å². The van der Waals surface area contributed by atoms with Crippen LogP contribution >= 0.6 is 0 Å². The van der Waals surface area contributed by atoms with E-state index in [1.54, 1.807) is 0 Å². The van der Waals surface area contributed by atoms with Gasteiger partial charge < -0.3 is 28.4 Å². The normalized spacial score (nSPS) is 18.6. The van der Waals surface area contributed by atoms with Crippen LogP contribution < -0.4 is 9.47 Å². The maximum absolute atomic E-state index is 6.36. The Kier molecular flexibility index (Phi) is 12.1. The molecule has 6 heteroatoms. The van der Waals surface area contributed by atoms with Gasteiger partial charge in [0.2, 0.25) is 0 Å². The largest absolute Gasteiger partial charge is 0.488 e. The molecule has 0 amide bonds. The van der Waals surface area contributed by atoms with Crippen molar-refractivity contribution >= 4 is 0 Å². The lowest BCUT2D eigenvalue weighted by molar-refractivity contribution is -0.0481. The van der Waals surface area contributed by atoms with E-state index >= 15 is 0 Å². The van der Waals surface area contributed by atoms with Crippen LogP contribution in [0.5, 0.6) is 11.5 Å². The van der Waals surface area contributed by atoms with Crippen LogP contribution in [0.15, 0.2) is 48.5 Å². The van der Waals surface area contributed by atoms with E-state index in [-0.39, 0.29) is 28.3 Å². The minimum Gasteiger partial charge on any atom is -0.488 e. The zero-order chi connectivity index (χ0) is 31.9. The predicted octanol–water partition coefficient (Wildman–Crippen LogP) is 8.52. The highest BCUT2D eigenvalue weighted by molar-refractivity contribution is 5.42. The summed E-state index contributed by atoms with van der Waals surface area (Å²) in [5.41, 5.74) is 1.53. The zero-order valence-corrected chi connectivity index (χ0v) is 28.8. The molecular weight excluding hydrogens is 540 g/mol. The molecule has 242 valence electrons. The molecule has 0 aliphatic carbocycles. The second-order valence-electron chi connectivity index (χ2n) is 14.7. The predicted molar refractivity (Wildman–Crippen MR) is 175 cm³/mol. The van der Waals surface area contributed by atoms with Gasteiger partial charge in [0.05, 0.1) is 50.3 Å². The number of hydrogen-bond donors (Lipinski definition) is 0. The highest BCUT2D eigenvalue weighted by Crippen LogP contribution is 2.35. The quantitative estimate of drug-likeness (QED) is 0.181. The number of ether oxygens (including phenoxy) is 6. The summed E-state index contributed by atoms with van der Waals surface area (Å²) in [6.07, 6.45) is 3.77. The summed E-state index contributed by atoms with van der Waals surface area (Å²) in [7, 11) is 0. The van der Waals surface area contributed by atoms with E-state index in [4.69, 9.17) is 28.4 Å². The molecule has 0 spiro atoms. The van der Waals surface area contributed by atoms with Gasteiger partial charge in [0.1, 0.15) is 22.7 Å². The lowest BCUT2D eigenvalue weighted by Crippen LogP contribution is -2.33. The van der Waals surface area contributed by atoms with Crippen molar-refractivity contribution < 1.29 is 28.4 Å². The lowest BCUT2D eigenvalue weighted by atomic mass is 9.78. The third-order valence-corrected chi connectivity index (χ3v) is 7.91. The fraction of sp³-hybridized carbons (Fsp3) is 0.676. The van der Waals surface area contributed by atoms with Gasteiger partial charge in [-0.05, 0) is 97.7 Å². The Morgan fingerprint density at radius 2 is 1.09 bits per heavy atom. The summed E-state index contributed by atoms with van der Waals surface area (Å²) in [5.74, 6) is 1.75. The SMILES string of the molecule is CC(C)OCCC(C)(C)Oc1ccc(C(C)(C)c2ccc(OC(C)(C)CCOC(C)(C)CC3CO3)cc2)cc1.CC1CO1. The Bertz CT molecular complexity index is 1090. The van der Waals surface area contributed by atoms with Gasteiger partial charge in [-0.25, -0.2) is 0 Å². The summed E-state index contributed by atoms with van der Waals surface area (Å²) >= 11 is 0. The van der Waals surface area contributed by atoms with Crippen LogP contribution in [0, 0.1) is 0 Å². The van der Waals surface area contributed by atoms with Crippen molar-refractivity contribution in [1.29, 1.82) is 0 Å². The smallest absolute Gasteiger partial charge is 0.120 e. The van der Waals surface area contributed by atoms with Gasteiger partial charge in [0.25, 0.3) is 0 Å². The van der Waals surface area contributed by atoms with E-state index in [2.05, 4.69) is 125 Å². The Balaban J connectivity index is 0.00000116. The summed E-state index contributed by atoms with van der Waals surface area (Å²) < 4.78 is 34.6. The van der Waals surface area contributed by atoms with Crippen molar-refractivity contribution in [3.63, 3.8) is 0 Å².